The van der Waals surface area contributed by atoms with Gasteiger partial charge < -0.3 is 5.32 Å². The molecule has 8 heteroatoms. The maximum Gasteiger partial charge on any atom is 0.288 e. The van der Waals surface area contributed by atoms with E-state index in [1.807, 2.05) is 73.7 Å². The number of fused-ring (bicyclic) bond motifs is 2. The van der Waals surface area contributed by atoms with Gasteiger partial charge in [-0.15, -0.1) is 0 Å². The van der Waals surface area contributed by atoms with Crippen molar-refractivity contribution in [3.8, 4) is 0 Å². The van der Waals surface area contributed by atoms with Gasteiger partial charge in [-0.2, -0.15) is 9.78 Å². The smallest absolute Gasteiger partial charge is 0.288 e. The summed E-state index contributed by atoms with van der Waals surface area (Å²) in [6.45, 7) is 2.03. The van der Waals surface area contributed by atoms with Crippen molar-refractivity contribution in [2.75, 3.05) is 5.32 Å². The number of aromatic nitrogens is 6. The standard InChI is InChI=1S/C21H17N7O/c1-13-7-10-15(11-8-13)19-17-16(12-9-14-5-3-2-4-6-14)23-24-20(29)18(17)22-21-25-26-27-28(19)21/h2-12,19H,1H3,(H,24,29)(H,22,25,27)/b12-9+/t19-/m1/s1. The molecule has 2 aromatic heterocycles. The van der Waals surface area contributed by atoms with Crippen LogP contribution in [-0.4, -0.2) is 30.4 Å². The minimum absolute atomic E-state index is 0.316. The molecule has 2 aromatic carbocycles. The first kappa shape index (κ1) is 17.1. The largest absolute Gasteiger partial charge is 0.318 e. The third-order valence-corrected chi connectivity index (χ3v) is 4.92. The van der Waals surface area contributed by atoms with Gasteiger partial charge in [0.2, 0.25) is 5.95 Å². The quantitative estimate of drug-likeness (QED) is 0.497. The lowest BCUT2D eigenvalue weighted by Gasteiger charge is -2.27. The number of aromatic amines is 1. The molecule has 0 fully saturated rings. The minimum atomic E-state index is -0.373. The zero-order chi connectivity index (χ0) is 19.8. The van der Waals surface area contributed by atoms with Gasteiger partial charge in [-0.3, -0.25) is 4.79 Å². The van der Waals surface area contributed by atoms with Crippen molar-refractivity contribution in [2.45, 2.75) is 13.0 Å². The van der Waals surface area contributed by atoms with Crippen LogP contribution >= 0.6 is 0 Å². The Balaban J connectivity index is 1.71. The van der Waals surface area contributed by atoms with Crippen LogP contribution in [-0.2, 0) is 0 Å². The van der Waals surface area contributed by atoms with Gasteiger partial charge in [0.25, 0.3) is 5.56 Å². The van der Waals surface area contributed by atoms with E-state index in [1.54, 1.807) is 4.68 Å². The van der Waals surface area contributed by atoms with E-state index in [1.165, 1.54) is 0 Å². The van der Waals surface area contributed by atoms with Crippen molar-refractivity contribution in [1.29, 1.82) is 0 Å². The summed E-state index contributed by atoms with van der Waals surface area (Å²) in [6, 6.07) is 17.6. The molecular formula is C21H17N7O. The van der Waals surface area contributed by atoms with Crippen molar-refractivity contribution in [2.24, 2.45) is 0 Å². The van der Waals surface area contributed by atoms with Gasteiger partial charge in [0.05, 0.1) is 5.69 Å². The lowest BCUT2D eigenvalue weighted by molar-refractivity contribution is 0.565. The Morgan fingerprint density at radius 2 is 1.83 bits per heavy atom. The molecule has 29 heavy (non-hydrogen) atoms. The van der Waals surface area contributed by atoms with Crippen LogP contribution in [0.4, 0.5) is 11.6 Å². The molecule has 0 amide bonds. The zero-order valence-corrected chi connectivity index (χ0v) is 15.6. The van der Waals surface area contributed by atoms with E-state index < -0.39 is 0 Å². The molecule has 0 radical (unpaired) electrons. The molecule has 0 unspecified atom stereocenters. The fraction of sp³-hybridized carbons (Fsp3) is 0.0952. The molecule has 1 aliphatic heterocycles. The molecule has 2 N–H and O–H groups in total. The number of H-pyrrole nitrogens is 1. The van der Waals surface area contributed by atoms with Crippen molar-refractivity contribution < 1.29 is 0 Å². The van der Waals surface area contributed by atoms with Gasteiger partial charge in [-0.1, -0.05) is 71.3 Å². The van der Waals surface area contributed by atoms with E-state index in [-0.39, 0.29) is 11.6 Å². The molecule has 5 rings (SSSR count). The topological polar surface area (TPSA) is 101 Å². The normalized spacial score (nSPS) is 15.0. The van der Waals surface area contributed by atoms with E-state index in [4.69, 9.17) is 0 Å². The number of nitrogens with zero attached hydrogens (tertiary/aromatic N) is 5. The second-order valence-electron chi connectivity index (χ2n) is 6.86. The maximum atomic E-state index is 12.6. The number of hydrogen-bond acceptors (Lipinski definition) is 6. The number of hydrogen-bond donors (Lipinski definition) is 2. The van der Waals surface area contributed by atoms with Crippen LogP contribution in [0.15, 0.2) is 59.4 Å². The van der Waals surface area contributed by atoms with E-state index in [2.05, 4.69) is 31.0 Å². The Morgan fingerprint density at radius 3 is 2.62 bits per heavy atom. The monoisotopic (exact) mass is 383 g/mol. The lowest BCUT2D eigenvalue weighted by atomic mass is 9.94. The molecule has 0 aliphatic carbocycles. The fourth-order valence-corrected chi connectivity index (χ4v) is 3.49. The highest BCUT2D eigenvalue weighted by Crippen LogP contribution is 2.38. The maximum absolute atomic E-state index is 12.6. The van der Waals surface area contributed by atoms with Crippen LogP contribution in [0.3, 0.4) is 0 Å². The molecule has 142 valence electrons. The molecule has 0 spiro atoms. The molecule has 0 saturated carbocycles. The van der Waals surface area contributed by atoms with Gasteiger partial charge in [0, 0.05) is 5.56 Å². The number of rotatable bonds is 3. The number of aryl methyl sites for hydroxylation is 1. The first-order chi connectivity index (χ1) is 14.2. The molecule has 1 aliphatic rings. The van der Waals surface area contributed by atoms with Crippen molar-refractivity contribution >= 4 is 23.8 Å². The van der Waals surface area contributed by atoms with Crippen LogP contribution in [0.25, 0.3) is 12.2 Å². The third kappa shape index (κ3) is 3.00. The number of tetrazole rings is 1. The zero-order valence-electron chi connectivity index (χ0n) is 15.6. The summed E-state index contributed by atoms with van der Waals surface area (Å²) in [6.07, 6.45) is 3.85. The molecule has 3 heterocycles. The Hall–Kier alpha value is -4.07. The molecule has 0 saturated heterocycles. The SMILES string of the molecule is Cc1ccc([C@@H]2c3c(/C=C/c4ccccc4)n[nH]c(=O)c3Nc3nnnn32)cc1. The van der Waals surface area contributed by atoms with Crippen molar-refractivity contribution in [3.05, 3.63) is 92.9 Å². The van der Waals surface area contributed by atoms with Crippen LogP contribution in [0, 0.1) is 6.92 Å². The van der Waals surface area contributed by atoms with Gasteiger partial charge in [0.15, 0.2) is 0 Å². The highest BCUT2D eigenvalue weighted by molar-refractivity contribution is 5.75. The summed E-state index contributed by atoms with van der Waals surface area (Å²) in [4.78, 5) is 12.6. The van der Waals surface area contributed by atoms with Crippen molar-refractivity contribution in [3.63, 3.8) is 0 Å². The van der Waals surface area contributed by atoms with E-state index in [0.29, 0.717) is 17.3 Å². The Labute approximate surface area is 165 Å². The minimum Gasteiger partial charge on any atom is -0.318 e. The summed E-state index contributed by atoms with van der Waals surface area (Å²) in [7, 11) is 0. The van der Waals surface area contributed by atoms with Crippen molar-refractivity contribution in [1.82, 2.24) is 30.4 Å². The second kappa shape index (κ2) is 6.83. The Morgan fingerprint density at radius 1 is 1.03 bits per heavy atom. The van der Waals surface area contributed by atoms with Gasteiger partial charge in [-0.25, -0.2) is 5.10 Å². The molecule has 8 nitrogen and oxygen atoms in total. The average Bonchev–Trinajstić information content (AvgIpc) is 3.22. The first-order valence-corrected chi connectivity index (χ1v) is 9.18. The van der Waals surface area contributed by atoms with Gasteiger partial charge >= 0.3 is 0 Å². The first-order valence-electron chi connectivity index (χ1n) is 9.18. The number of benzene rings is 2. The Bertz CT molecular complexity index is 1260. The summed E-state index contributed by atoms with van der Waals surface area (Å²) in [5.74, 6) is 0.415. The van der Waals surface area contributed by atoms with E-state index >= 15 is 0 Å². The highest BCUT2D eigenvalue weighted by Gasteiger charge is 2.33. The average molecular weight is 383 g/mol. The summed E-state index contributed by atoms with van der Waals surface area (Å²) < 4.78 is 1.67. The molecule has 4 aromatic rings. The predicted molar refractivity (Wildman–Crippen MR) is 110 cm³/mol. The summed E-state index contributed by atoms with van der Waals surface area (Å²) in [5.41, 5.74) is 4.60. The van der Waals surface area contributed by atoms with E-state index in [0.717, 1.165) is 22.3 Å². The molecular weight excluding hydrogens is 366 g/mol. The summed E-state index contributed by atoms with van der Waals surface area (Å²) >= 11 is 0. The fourth-order valence-electron chi connectivity index (χ4n) is 3.49. The predicted octanol–water partition coefficient (Wildman–Crippen LogP) is 2.93. The highest BCUT2D eigenvalue weighted by atomic mass is 16.1. The van der Waals surface area contributed by atoms with Gasteiger partial charge in [0.1, 0.15) is 11.7 Å². The number of anilines is 2. The van der Waals surface area contributed by atoms with Crippen LogP contribution in [0.1, 0.15) is 34.0 Å². The molecule has 0 bridgehead atoms. The number of nitrogens with one attached hydrogen (secondary N) is 2. The lowest BCUT2D eigenvalue weighted by Crippen LogP contribution is -2.29. The van der Waals surface area contributed by atoms with Gasteiger partial charge in [-0.05, 0) is 34.6 Å². The Kier molecular flexibility index (Phi) is 4.02. The molecule has 1 atom stereocenters. The summed E-state index contributed by atoms with van der Waals surface area (Å²) in [5, 5.41) is 21.9. The second-order valence-corrected chi connectivity index (χ2v) is 6.86. The third-order valence-electron chi connectivity index (χ3n) is 4.92. The van der Waals surface area contributed by atoms with Crippen LogP contribution in [0.5, 0.6) is 0 Å². The van der Waals surface area contributed by atoms with Crippen LogP contribution < -0.4 is 10.9 Å². The van der Waals surface area contributed by atoms with Crippen LogP contribution in [0.2, 0.25) is 0 Å². The van der Waals surface area contributed by atoms with E-state index in [9.17, 15) is 4.79 Å².